The highest BCUT2D eigenvalue weighted by atomic mass is 32.1. The number of aromatic nitrogens is 4. The lowest BCUT2D eigenvalue weighted by molar-refractivity contribution is 0.398. The predicted octanol–water partition coefficient (Wildman–Crippen LogP) is 2.65. The Labute approximate surface area is 143 Å². The molecule has 4 rings (SSSR count). The van der Waals surface area contributed by atoms with E-state index in [9.17, 15) is 0 Å². The molecule has 124 valence electrons. The maximum Gasteiger partial charge on any atom is 0.270 e. The first-order chi connectivity index (χ1) is 11.7. The summed E-state index contributed by atoms with van der Waals surface area (Å²) in [5, 5.41) is 8.58. The fourth-order valence-electron chi connectivity index (χ4n) is 2.72. The van der Waals surface area contributed by atoms with Gasteiger partial charge in [0, 0.05) is 30.3 Å². The second kappa shape index (κ2) is 6.29. The van der Waals surface area contributed by atoms with Gasteiger partial charge >= 0.3 is 0 Å². The molecule has 1 aliphatic heterocycles. The molecule has 1 aliphatic rings. The summed E-state index contributed by atoms with van der Waals surface area (Å²) in [6, 6.07) is 3.63. The summed E-state index contributed by atoms with van der Waals surface area (Å²) in [6.07, 6.45) is 2.79. The molecular formula is C16H17N5O2S. The fraction of sp³-hybridized carbons (Fsp3) is 0.375. The van der Waals surface area contributed by atoms with Gasteiger partial charge in [-0.2, -0.15) is 4.98 Å². The van der Waals surface area contributed by atoms with Crippen molar-refractivity contribution in [1.29, 1.82) is 0 Å². The molecule has 0 aromatic carbocycles. The minimum atomic E-state index is 0.482. The van der Waals surface area contributed by atoms with Crippen LogP contribution in [0.15, 0.2) is 22.9 Å². The van der Waals surface area contributed by atoms with Gasteiger partial charge in [0.1, 0.15) is 4.88 Å². The number of pyridine rings is 1. The lowest BCUT2D eigenvalue weighted by Crippen LogP contribution is -2.07. The minimum absolute atomic E-state index is 0.482. The molecule has 1 fully saturated rings. The number of hydrogen-bond acceptors (Lipinski definition) is 8. The maximum atomic E-state index is 5.45. The van der Waals surface area contributed by atoms with E-state index < -0.39 is 0 Å². The van der Waals surface area contributed by atoms with E-state index in [1.54, 1.807) is 30.7 Å². The summed E-state index contributed by atoms with van der Waals surface area (Å²) in [5.74, 6) is 2.05. The van der Waals surface area contributed by atoms with Crippen LogP contribution in [0, 0.1) is 6.92 Å². The maximum absolute atomic E-state index is 5.45. The molecule has 1 atom stereocenters. The lowest BCUT2D eigenvalue weighted by Gasteiger charge is -2.01. The van der Waals surface area contributed by atoms with Crippen LogP contribution in [0.5, 0.6) is 5.88 Å². The van der Waals surface area contributed by atoms with Crippen molar-refractivity contribution in [3.63, 3.8) is 0 Å². The van der Waals surface area contributed by atoms with Gasteiger partial charge in [0.15, 0.2) is 0 Å². The lowest BCUT2D eigenvalue weighted by atomic mass is 10.1. The molecule has 0 saturated carbocycles. The summed E-state index contributed by atoms with van der Waals surface area (Å²) in [7, 11) is 1.58. The first kappa shape index (κ1) is 15.2. The summed E-state index contributed by atoms with van der Waals surface area (Å²) < 4.78 is 10.5. The van der Waals surface area contributed by atoms with Crippen molar-refractivity contribution in [2.24, 2.45) is 0 Å². The molecule has 3 aromatic rings. The van der Waals surface area contributed by atoms with E-state index in [1.807, 2.05) is 13.0 Å². The van der Waals surface area contributed by atoms with Crippen molar-refractivity contribution in [1.82, 2.24) is 25.4 Å². The molecule has 1 N–H and O–H groups in total. The van der Waals surface area contributed by atoms with Crippen LogP contribution in [-0.2, 0) is 0 Å². The fourth-order valence-corrected chi connectivity index (χ4v) is 3.85. The van der Waals surface area contributed by atoms with Crippen LogP contribution in [0.25, 0.3) is 22.2 Å². The SMILES string of the molecule is COc1ccc(-c2noc(-c3sc(C4CCNC4)nc3C)n2)cn1. The molecule has 3 aromatic heterocycles. The van der Waals surface area contributed by atoms with Gasteiger partial charge in [-0.3, -0.25) is 0 Å². The molecule has 8 heteroatoms. The first-order valence-electron chi connectivity index (χ1n) is 7.77. The van der Waals surface area contributed by atoms with E-state index in [0.717, 1.165) is 40.7 Å². The number of methoxy groups -OCH3 is 1. The number of rotatable bonds is 4. The number of hydrogen-bond donors (Lipinski definition) is 1. The zero-order valence-electron chi connectivity index (χ0n) is 13.4. The zero-order valence-corrected chi connectivity index (χ0v) is 14.3. The third-order valence-electron chi connectivity index (χ3n) is 4.05. The van der Waals surface area contributed by atoms with E-state index in [2.05, 4.69) is 20.4 Å². The first-order valence-corrected chi connectivity index (χ1v) is 8.59. The van der Waals surface area contributed by atoms with Gasteiger partial charge in [-0.05, 0) is 26.0 Å². The van der Waals surface area contributed by atoms with Crippen LogP contribution in [0.1, 0.15) is 23.0 Å². The molecule has 24 heavy (non-hydrogen) atoms. The molecule has 1 unspecified atom stereocenters. The van der Waals surface area contributed by atoms with E-state index >= 15 is 0 Å². The van der Waals surface area contributed by atoms with Crippen molar-refractivity contribution in [3.8, 4) is 28.0 Å². The van der Waals surface area contributed by atoms with Gasteiger partial charge in [0.2, 0.25) is 11.7 Å². The molecular weight excluding hydrogens is 326 g/mol. The molecule has 0 aliphatic carbocycles. The Morgan fingerprint density at radius 1 is 1.33 bits per heavy atom. The average Bonchev–Trinajstić information content (AvgIpc) is 3.35. The highest BCUT2D eigenvalue weighted by Gasteiger charge is 2.24. The van der Waals surface area contributed by atoms with Gasteiger partial charge in [-0.1, -0.05) is 5.16 Å². The second-order valence-corrected chi connectivity index (χ2v) is 6.70. The van der Waals surface area contributed by atoms with Gasteiger partial charge in [0.25, 0.3) is 5.89 Å². The van der Waals surface area contributed by atoms with Crippen molar-refractivity contribution < 1.29 is 9.26 Å². The Morgan fingerprint density at radius 2 is 2.25 bits per heavy atom. The second-order valence-electron chi connectivity index (χ2n) is 5.67. The Balaban J connectivity index is 1.62. The molecule has 0 amide bonds. The number of nitrogens with zero attached hydrogens (tertiary/aromatic N) is 4. The van der Waals surface area contributed by atoms with Crippen LogP contribution < -0.4 is 10.1 Å². The van der Waals surface area contributed by atoms with Gasteiger partial charge < -0.3 is 14.6 Å². The standard InChI is InChI=1S/C16H17N5O2S/c1-9-13(24-16(19-9)11-5-6-17-7-11)15-20-14(21-23-15)10-3-4-12(22-2)18-8-10/h3-4,8,11,17H,5-7H2,1-2H3. The van der Waals surface area contributed by atoms with E-state index in [-0.39, 0.29) is 0 Å². The third-order valence-corrected chi connectivity index (χ3v) is 5.35. The topological polar surface area (TPSA) is 86.0 Å². The Morgan fingerprint density at radius 3 is 2.96 bits per heavy atom. The number of thiazole rings is 1. The monoisotopic (exact) mass is 343 g/mol. The van der Waals surface area contributed by atoms with Crippen molar-refractivity contribution in [2.75, 3.05) is 20.2 Å². The highest BCUT2D eigenvalue weighted by Crippen LogP contribution is 2.35. The zero-order chi connectivity index (χ0) is 16.5. The number of aryl methyl sites for hydroxylation is 1. The van der Waals surface area contributed by atoms with Crippen LogP contribution in [-0.4, -0.2) is 40.3 Å². The third kappa shape index (κ3) is 2.78. The average molecular weight is 343 g/mol. The van der Waals surface area contributed by atoms with Crippen LogP contribution >= 0.6 is 11.3 Å². The summed E-state index contributed by atoms with van der Waals surface area (Å²) >= 11 is 1.64. The number of nitrogens with one attached hydrogen (secondary N) is 1. The van der Waals surface area contributed by atoms with Gasteiger partial charge in [-0.25, -0.2) is 9.97 Å². The van der Waals surface area contributed by atoms with Crippen molar-refractivity contribution in [3.05, 3.63) is 29.0 Å². The van der Waals surface area contributed by atoms with Crippen molar-refractivity contribution in [2.45, 2.75) is 19.3 Å². The van der Waals surface area contributed by atoms with Crippen LogP contribution in [0.4, 0.5) is 0 Å². The number of ether oxygens (including phenoxy) is 1. The molecule has 0 bridgehead atoms. The Bertz CT molecular complexity index is 837. The molecule has 1 saturated heterocycles. The quantitative estimate of drug-likeness (QED) is 0.779. The minimum Gasteiger partial charge on any atom is -0.481 e. The molecule has 4 heterocycles. The normalized spacial score (nSPS) is 17.3. The largest absolute Gasteiger partial charge is 0.481 e. The van der Waals surface area contributed by atoms with Gasteiger partial charge in [-0.15, -0.1) is 11.3 Å². The summed E-state index contributed by atoms with van der Waals surface area (Å²) in [6.45, 7) is 4.02. The van der Waals surface area contributed by atoms with E-state index in [4.69, 9.17) is 14.2 Å². The van der Waals surface area contributed by atoms with Gasteiger partial charge in [0.05, 0.1) is 17.8 Å². The Hall–Kier alpha value is -2.32. The molecule has 7 nitrogen and oxygen atoms in total. The van der Waals surface area contributed by atoms with Crippen LogP contribution in [0.3, 0.4) is 0 Å². The highest BCUT2D eigenvalue weighted by molar-refractivity contribution is 7.15. The van der Waals surface area contributed by atoms with Crippen molar-refractivity contribution >= 4 is 11.3 Å². The smallest absolute Gasteiger partial charge is 0.270 e. The molecule has 0 spiro atoms. The molecule has 0 radical (unpaired) electrons. The predicted molar refractivity (Wildman–Crippen MR) is 90.2 cm³/mol. The summed E-state index contributed by atoms with van der Waals surface area (Å²) in [5.41, 5.74) is 1.72. The Kier molecular flexibility index (Phi) is 3.99. The van der Waals surface area contributed by atoms with Crippen LogP contribution in [0.2, 0.25) is 0 Å². The summed E-state index contributed by atoms with van der Waals surface area (Å²) in [4.78, 5) is 14.3. The van der Waals surface area contributed by atoms with E-state index in [0.29, 0.717) is 23.5 Å². The van der Waals surface area contributed by atoms with E-state index in [1.165, 1.54) is 0 Å².